The number of anilines is 2. The topological polar surface area (TPSA) is 48.8 Å². The number of urea groups is 1. The lowest BCUT2D eigenvalue weighted by Gasteiger charge is -2.39. The second kappa shape index (κ2) is 9.78. The summed E-state index contributed by atoms with van der Waals surface area (Å²) in [6, 6.07) is 24.6. The molecule has 2 amide bonds. The zero-order valence-electron chi connectivity index (χ0n) is 17.3. The van der Waals surface area contributed by atoms with E-state index in [1.54, 1.807) is 11.3 Å². The highest BCUT2D eigenvalue weighted by Gasteiger charge is 2.34. The summed E-state index contributed by atoms with van der Waals surface area (Å²) < 4.78 is 0. The summed E-state index contributed by atoms with van der Waals surface area (Å²) in [5, 5.41) is 8.24. The molecule has 1 aromatic heterocycles. The van der Waals surface area contributed by atoms with E-state index < -0.39 is 0 Å². The quantitative estimate of drug-likeness (QED) is 0.571. The van der Waals surface area contributed by atoms with E-state index in [4.69, 9.17) is 0 Å². The van der Waals surface area contributed by atoms with Crippen molar-refractivity contribution in [1.82, 2.24) is 5.32 Å². The molecule has 2 atom stereocenters. The van der Waals surface area contributed by atoms with Crippen molar-refractivity contribution in [2.45, 2.75) is 19.0 Å². The van der Waals surface area contributed by atoms with Gasteiger partial charge < -0.3 is 20.4 Å². The first-order valence-corrected chi connectivity index (χ1v) is 11.4. The van der Waals surface area contributed by atoms with Gasteiger partial charge in [0.15, 0.2) is 0 Å². The van der Waals surface area contributed by atoms with Crippen molar-refractivity contribution in [3.8, 4) is 0 Å². The third-order valence-electron chi connectivity index (χ3n) is 5.71. The number of carbonyl (C=O) groups excluding carboxylic acids is 1. The van der Waals surface area contributed by atoms with Crippen molar-refractivity contribution in [2.24, 2.45) is 0 Å². The van der Waals surface area contributed by atoms with Crippen LogP contribution in [0.3, 0.4) is 0 Å². The lowest BCUT2D eigenvalue weighted by atomic mass is 10.0. The number of hydrogen-bond acceptors (Lipinski definition) is 3. The molecule has 1 fully saturated rings. The highest BCUT2D eigenvalue weighted by molar-refractivity contribution is 7.10. The number of nitrogens with zero attached hydrogens (tertiary/aromatic N) is 1. The maximum atomic E-state index is 12.6. The zero-order chi connectivity index (χ0) is 20.8. The van der Waals surface area contributed by atoms with Crippen LogP contribution in [0.25, 0.3) is 0 Å². The number of amides is 2. The number of carbonyl (C=O) groups is 1. The van der Waals surface area contributed by atoms with E-state index in [0.29, 0.717) is 0 Å². The Bertz CT molecular complexity index is 909. The lowest BCUT2D eigenvalue weighted by Crippen LogP contribution is -3.16. The van der Waals surface area contributed by atoms with Crippen molar-refractivity contribution in [3.63, 3.8) is 0 Å². The number of para-hydroxylation sites is 2. The van der Waals surface area contributed by atoms with Gasteiger partial charge in [0, 0.05) is 11.4 Å². The molecule has 3 N–H and O–H groups in total. The predicted octanol–water partition coefficient (Wildman–Crippen LogP) is 3.40. The van der Waals surface area contributed by atoms with Crippen LogP contribution in [0.15, 0.2) is 78.2 Å². The molecule has 0 aliphatic carbocycles. The lowest BCUT2D eigenvalue weighted by molar-refractivity contribution is -0.933. The molecular formula is C24H29N4OS+. The number of thiophene rings is 1. The average Bonchev–Trinajstić information content (AvgIpc) is 3.30. The standard InChI is InChI=1S/C24H28N4OS/c1-19(25-24(29)26-20-9-4-2-5-10-20)23(22-13-8-18-30-22)28-16-14-27(15-17-28)21-11-6-3-7-12-21/h2-13,18-19,23H,14-17H2,1H3,(H2,25,26,29)/p+1/t19-,23-/m0/s1. The number of rotatable bonds is 6. The highest BCUT2D eigenvalue weighted by atomic mass is 32.1. The van der Waals surface area contributed by atoms with Gasteiger partial charge in [-0.25, -0.2) is 4.79 Å². The average molecular weight is 422 g/mol. The number of hydrogen-bond donors (Lipinski definition) is 3. The fraction of sp³-hybridized carbons (Fsp3) is 0.292. The molecule has 1 aliphatic heterocycles. The molecule has 1 aliphatic rings. The fourth-order valence-corrected chi connectivity index (χ4v) is 5.24. The molecule has 0 spiro atoms. The van der Waals surface area contributed by atoms with Gasteiger partial charge in [-0.1, -0.05) is 42.5 Å². The maximum Gasteiger partial charge on any atom is 0.319 e. The van der Waals surface area contributed by atoms with Gasteiger partial charge in [-0.05, 0) is 42.6 Å². The van der Waals surface area contributed by atoms with Gasteiger partial charge in [0.05, 0.1) is 37.1 Å². The Kier molecular flexibility index (Phi) is 6.67. The van der Waals surface area contributed by atoms with Crippen LogP contribution in [0.2, 0.25) is 0 Å². The first kappa shape index (κ1) is 20.4. The van der Waals surface area contributed by atoms with Crippen molar-refractivity contribution in [2.75, 3.05) is 36.4 Å². The van der Waals surface area contributed by atoms with Gasteiger partial charge >= 0.3 is 6.03 Å². The van der Waals surface area contributed by atoms with E-state index in [9.17, 15) is 4.79 Å². The Labute approximate surface area is 182 Å². The van der Waals surface area contributed by atoms with E-state index in [2.05, 4.69) is 70.3 Å². The van der Waals surface area contributed by atoms with Crippen LogP contribution in [0.4, 0.5) is 16.2 Å². The van der Waals surface area contributed by atoms with E-state index in [-0.39, 0.29) is 18.1 Å². The molecule has 30 heavy (non-hydrogen) atoms. The SMILES string of the molecule is C[C@H](NC(=O)Nc1ccccc1)[C@@H](c1cccs1)[NH+]1CCN(c2ccccc2)CC1. The Morgan fingerprint density at radius 2 is 1.63 bits per heavy atom. The van der Waals surface area contributed by atoms with Gasteiger partial charge in [0.2, 0.25) is 0 Å². The smallest absolute Gasteiger partial charge is 0.319 e. The Balaban J connectivity index is 1.41. The van der Waals surface area contributed by atoms with E-state index in [0.717, 1.165) is 31.9 Å². The van der Waals surface area contributed by atoms with Crippen LogP contribution in [0.5, 0.6) is 0 Å². The second-order valence-corrected chi connectivity index (χ2v) is 8.71. The minimum Gasteiger partial charge on any atom is -0.360 e. The summed E-state index contributed by atoms with van der Waals surface area (Å²) in [6.07, 6.45) is 0. The van der Waals surface area contributed by atoms with Gasteiger partial charge in [-0.3, -0.25) is 0 Å². The summed E-state index contributed by atoms with van der Waals surface area (Å²) in [4.78, 5) is 17.9. The molecule has 0 bridgehead atoms. The molecule has 4 rings (SSSR count). The summed E-state index contributed by atoms with van der Waals surface area (Å²) in [7, 11) is 0. The molecule has 0 radical (unpaired) electrons. The number of nitrogens with one attached hydrogen (secondary N) is 3. The molecule has 2 heterocycles. The van der Waals surface area contributed by atoms with Crippen molar-refractivity contribution >= 4 is 28.7 Å². The fourth-order valence-electron chi connectivity index (χ4n) is 4.25. The zero-order valence-corrected chi connectivity index (χ0v) is 18.1. The van der Waals surface area contributed by atoms with Gasteiger partial charge in [-0.2, -0.15) is 0 Å². The second-order valence-electron chi connectivity index (χ2n) is 7.73. The predicted molar refractivity (Wildman–Crippen MR) is 124 cm³/mol. The van der Waals surface area contributed by atoms with Gasteiger partial charge in [-0.15, -0.1) is 11.3 Å². The molecule has 0 unspecified atom stereocenters. The summed E-state index contributed by atoms with van der Waals surface area (Å²) >= 11 is 1.78. The molecule has 5 nitrogen and oxygen atoms in total. The monoisotopic (exact) mass is 421 g/mol. The molecule has 1 saturated heterocycles. The van der Waals surface area contributed by atoms with Crippen LogP contribution in [0.1, 0.15) is 17.8 Å². The number of piperazine rings is 1. The first-order chi connectivity index (χ1) is 14.7. The van der Waals surface area contributed by atoms with E-state index in [1.807, 2.05) is 30.3 Å². The van der Waals surface area contributed by atoms with Crippen LogP contribution >= 0.6 is 11.3 Å². The van der Waals surface area contributed by atoms with Crippen LogP contribution in [0, 0.1) is 0 Å². The first-order valence-electron chi connectivity index (χ1n) is 10.5. The maximum absolute atomic E-state index is 12.6. The normalized spacial score (nSPS) is 16.6. The Hall–Kier alpha value is -2.83. The summed E-state index contributed by atoms with van der Waals surface area (Å²) in [5.74, 6) is 0. The minimum absolute atomic E-state index is 0.0191. The molecule has 2 aromatic carbocycles. The van der Waals surface area contributed by atoms with Crippen LogP contribution in [-0.2, 0) is 0 Å². The van der Waals surface area contributed by atoms with Crippen LogP contribution < -0.4 is 20.4 Å². The third kappa shape index (κ3) is 5.01. The van der Waals surface area contributed by atoms with Gasteiger partial charge in [0.25, 0.3) is 0 Å². The summed E-state index contributed by atoms with van der Waals surface area (Å²) in [6.45, 7) is 6.24. The van der Waals surface area contributed by atoms with Crippen LogP contribution in [-0.4, -0.2) is 38.3 Å². The molecule has 156 valence electrons. The molecule has 3 aromatic rings. The van der Waals surface area contributed by atoms with E-state index >= 15 is 0 Å². The Morgan fingerprint density at radius 3 is 2.27 bits per heavy atom. The Morgan fingerprint density at radius 1 is 0.967 bits per heavy atom. The molecule has 0 saturated carbocycles. The highest BCUT2D eigenvalue weighted by Crippen LogP contribution is 2.21. The largest absolute Gasteiger partial charge is 0.360 e. The van der Waals surface area contributed by atoms with Crippen molar-refractivity contribution < 1.29 is 9.69 Å². The third-order valence-corrected chi connectivity index (χ3v) is 6.66. The number of quaternary nitrogens is 1. The van der Waals surface area contributed by atoms with Gasteiger partial charge in [0.1, 0.15) is 6.04 Å². The molecule has 6 heteroatoms. The van der Waals surface area contributed by atoms with E-state index in [1.165, 1.54) is 15.5 Å². The molecular weight excluding hydrogens is 392 g/mol. The summed E-state index contributed by atoms with van der Waals surface area (Å²) in [5.41, 5.74) is 2.09. The number of benzene rings is 2. The van der Waals surface area contributed by atoms with Crippen molar-refractivity contribution in [1.29, 1.82) is 0 Å². The van der Waals surface area contributed by atoms with Crippen molar-refractivity contribution in [3.05, 3.63) is 83.1 Å². The minimum atomic E-state index is -0.155.